The van der Waals surface area contributed by atoms with Gasteiger partial charge in [-0.25, -0.2) is 8.42 Å². The van der Waals surface area contributed by atoms with Crippen molar-refractivity contribution in [1.29, 1.82) is 0 Å². The van der Waals surface area contributed by atoms with E-state index in [1.807, 2.05) is 19.1 Å². The van der Waals surface area contributed by atoms with Gasteiger partial charge in [0, 0.05) is 7.05 Å². The van der Waals surface area contributed by atoms with Crippen LogP contribution in [0.3, 0.4) is 0 Å². The Bertz CT molecular complexity index is 719. The lowest BCUT2D eigenvalue weighted by Gasteiger charge is -2.54. The van der Waals surface area contributed by atoms with Crippen LogP contribution < -0.4 is 0 Å². The Morgan fingerprint density at radius 1 is 1.18 bits per heavy atom. The van der Waals surface area contributed by atoms with E-state index in [2.05, 4.69) is 12.2 Å². The number of nitrogens with zero attached hydrogens (tertiary/aromatic N) is 1. The normalized spacial score (nSPS) is 36.2. The van der Waals surface area contributed by atoms with E-state index < -0.39 is 10.0 Å². The molecule has 5 heteroatoms. The van der Waals surface area contributed by atoms with Gasteiger partial charge in [-0.2, -0.15) is 4.31 Å². The van der Waals surface area contributed by atoms with Crippen LogP contribution in [-0.2, 0) is 14.8 Å². The van der Waals surface area contributed by atoms with E-state index in [4.69, 9.17) is 4.74 Å². The van der Waals surface area contributed by atoms with Crippen LogP contribution in [0.15, 0.2) is 41.3 Å². The van der Waals surface area contributed by atoms with Crippen molar-refractivity contribution in [3.63, 3.8) is 0 Å². The highest BCUT2D eigenvalue weighted by atomic mass is 32.2. The number of likely N-dealkylation sites (N-methyl/N-ethyl adjacent to an activating group) is 1. The summed E-state index contributed by atoms with van der Waals surface area (Å²) >= 11 is 0. The van der Waals surface area contributed by atoms with E-state index in [0.717, 1.165) is 18.4 Å². The van der Waals surface area contributed by atoms with E-state index >= 15 is 0 Å². The van der Waals surface area contributed by atoms with Crippen LogP contribution in [0, 0.1) is 18.8 Å². The Morgan fingerprint density at radius 3 is 2.45 bits per heavy atom. The zero-order valence-electron chi connectivity index (χ0n) is 12.9. The molecule has 1 spiro atoms. The Balaban J connectivity index is 1.65. The summed E-state index contributed by atoms with van der Waals surface area (Å²) in [5, 5.41) is 0. The molecule has 0 aromatic heterocycles. The Morgan fingerprint density at radius 2 is 1.82 bits per heavy atom. The largest absolute Gasteiger partial charge is 0.368 e. The first-order valence-corrected chi connectivity index (χ1v) is 9.24. The van der Waals surface area contributed by atoms with Crippen molar-refractivity contribution in [3.05, 3.63) is 42.0 Å². The van der Waals surface area contributed by atoms with Crippen molar-refractivity contribution in [2.75, 3.05) is 13.7 Å². The second kappa shape index (κ2) is 4.66. The van der Waals surface area contributed by atoms with Gasteiger partial charge >= 0.3 is 0 Å². The smallest absolute Gasteiger partial charge is 0.243 e. The van der Waals surface area contributed by atoms with Gasteiger partial charge in [0.05, 0.1) is 17.5 Å². The number of hydrogen-bond donors (Lipinski definition) is 0. The second-order valence-corrected chi connectivity index (χ2v) is 8.73. The minimum Gasteiger partial charge on any atom is -0.368 e. The molecule has 1 aliphatic heterocycles. The SMILES string of the molecule is Cc1ccc(S(=O)(=O)N(C)[C@H]2[C@@H]3CC=CC[C@@H]3[C@@]23CO3)cc1. The van der Waals surface area contributed by atoms with Crippen molar-refractivity contribution < 1.29 is 13.2 Å². The summed E-state index contributed by atoms with van der Waals surface area (Å²) in [4.78, 5) is 0.367. The fraction of sp³-hybridized carbons (Fsp3) is 0.529. The quantitative estimate of drug-likeness (QED) is 0.635. The lowest BCUT2D eigenvalue weighted by Crippen LogP contribution is -2.66. The molecular weight excluding hydrogens is 298 g/mol. The molecular formula is C17H21NO3S. The number of fused-ring (bicyclic) bond motifs is 2. The maximum atomic E-state index is 12.9. The van der Waals surface area contributed by atoms with E-state index in [1.165, 1.54) is 0 Å². The summed E-state index contributed by atoms with van der Waals surface area (Å²) in [7, 11) is -1.76. The third-order valence-electron chi connectivity index (χ3n) is 5.58. The number of benzene rings is 1. The topological polar surface area (TPSA) is 49.9 Å². The Labute approximate surface area is 131 Å². The number of epoxide rings is 1. The summed E-state index contributed by atoms with van der Waals surface area (Å²) in [6.07, 6.45) is 6.35. The molecule has 4 rings (SSSR count). The first-order chi connectivity index (χ1) is 10.5. The summed E-state index contributed by atoms with van der Waals surface area (Å²) in [5.41, 5.74) is 0.840. The highest BCUT2D eigenvalue weighted by molar-refractivity contribution is 7.89. The van der Waals surface area contributed by atoms with Gasteiger partial charge in [-0.15, -0.1) is 0 Å². The number of aryl methyl sites for hydroxylation is 1. The van der Waals surface area contributed by atoms with Gasteiger partial charge in [-0.05, 0) is 43.7 Å². The molecule has 2 fully saturated rings. The van der Waals surface area contributed by atoms with Crippen molar-refractivity contribution in [1.82, 2.24) is 4.31 Å². The second-order valence-electron chi connectivity index (χ2n) is 6.74. The van der Waals surface area contributed by atoms with Crippen molar-refractivity contribution in [2.45, 2.75) is 36.3 Å². The highest BCUT2D eigenvalue weighted by Crippen LogP contribution is 2.61. The third kappa shape index (κ3) is 1.85. The number of sulfonamides is 1. The van der Waals surface area contributed by atoms with Crippen LogP contribution in [0.2, 0.25) is 0 Å². The molecule has 1 saturated carbocycles. The minimum absolute atomic E-state index is 0.0336. The molecule has 0 amide bonds. The van der Waals surface area contributed by atoms with Gasteiger partial charge in [0.25, 0.3) is 0 Å². The van der Waals surface area contributed by atoms with Gasteiger partial charge in [-0.1, -0.05) is 29.8 Å². The van der Waals surface area contributed by atoms with Crippen LogP contribution >= 0.6 is 0 Å². The first-order valence-electron chi connectivity index (χ1n) is 7.80. The van der Waals surface area contributed by atoms with E-state index in [0.29, 0.717) is 23.3 Å². The fourth-order valence-electron chi connectivity index (χ4n) is 4.28. The molecule has 1 aromatic carbocycles. The molecule has 1 saturated heterocycles. The average molecular weight is 319 g/mol. The summed E-state index contributed by atoms with van der Waals surface area (Å²) < 4.78 is 33.1. The average Bonchev–Trinajstić information content (AvgIpc) is 3.30. The summed E-state index contributed by atoms with van der Waals surface area (Å²) in [5.74, 6) is 0.871. The van der Waals surface area contributed by atoms with Crippen molar-refractivity contribution in [2.24, 2.45) is 11.8 Å². The fourth-order valence-corrected chi connectivity index (χ4v) is 5.73. The number of rotatable bonds is 3. The maximum Gasteiger partial charge on any atom is 0.243 e. The van der Waals surface area contributed by atoms with Crippen LogP contribution in [0.5, 0.6) is 0 Å². The number of ether oxygens (including phenoxy) is 1. The number of allylic oxidation sites excluding steroid dienone is 2. The zero-order chi connectivity index (χ0) is 15.5. The standard InChI is InChI=1S/C17H21NO3S/c1-12-7-9-13(10-8-12)22(19,20)18(2)16-14-5-3-4-6-15(14)17(16)11-21-17/h3-4,7-10,14-16H,5-6,11H2,1-2H3/t14-,15+,16+,17+/m1/s1. The first kappa shape index (κ1) is 14.4. The molecule has 1 heterocycles. The van der Waals surface area contributed by atoms with E-state index in [-0.39, 0.29) is 11.6 Å². The molecule has 118 valence electrons. The van der Waals surface area contributed by atoms with E-state index in [9.17, 15) is 8.42 Å². The molecule has 2 aliphatic carbocycles. The lowest BCUT2D eigenvalue weighted by molar-refractivity contribution is -0.0504. The molecule has 0 N–H and O–H groups in total. The molecule has 4 atom stereocenters. The van der Waals surface area contributed by atoms with Gasteiger partial charge in [0.15, 0.2) is 0 Å². The molecule has 3 aliphatic rings. The Kier molecular flexibility index (Phi) is 3.06. The predicted octanol–water partition coefficient (Wildman–Crippen LogP) is 2.35. The minimum atomic E-state index is -3.47. The lowest BCUT2D eigenvalue weighted by atomic mass is 9.56. The van der Waals surface area contributed by atoms with Crippen LogP contribution in [0.4, 0.5) is 0 Å². The zero-order valence-corrected chi connectivity index (χ0v) is 13.7. The van der Waals surface area contributed by atoms with E-state index in [1.54, 1.807) is 23.5 Å². The predicted molar refractivity (Wildman–Crippen MR) is 84.0 cm³/mol. The molecule has 0 bridgehead atoms. The van der Waals surface area contributed by atoms with Gasteiger partial charge in [0.1, 0.15) is 5.60 Å². The van der Waals surface area contributed by atoms with Crippen LogP contribution in [-0.4, -0.2) is 38.0 Å². The molecule has 4 nitrogen and oxygen atoms in total. The molecule has 0 unspecified atom stereocenters. The number of hydrogen-bond acceptors (Lipinski definition) is 3. The van der Waals surface area contributed by atoms with Gasteiger partial charge in [0.2, 0.25) is 10.0 Å². The van der Waals surface area contributed by atoms with Crippen molar-refractivity contribution >= 4 is 10.0 Å². The van der Waals surface area contributed by atoms with Crippen LogP contribution in [0.1, 0.15) is 18.4 Å². The monoisotopic (exact) mass is 319 g/mol. The molecule has 22 heavy (non-hydrogen) atoms. The van der Waals surface area contributed by atoms with Gasteiger partial charge < -0.3 is 4.74 Å². The third-order valence-corrected chi connectivity index (χ3v) is 7.44. The van der Waals surface area contributed by atoms with Gasteiger partial charge in [-0.3, -0.25) is 0 Å². The highest BCUT2D eigenvalue weighted by Gasteiger charge is 2.72. The summed E-state index contributed by atoms with van der Waals surface area (Å²) in [6.45, 7) is 2.65. The molecule has 0 radical (unpaired) electrons. The maximum absolute atomic E-state index is 12.9. The van der Waals surface area contributed by atoms with Crippen LogP contribution in [0.25, 0.3) is 0 Å². The van der Waals surface area contributed by atoms with Crippen molar-refractivity contribution in [3.8, 4) is 0 Å². The summed E-state index contributed by atoms with van der Waals surface area (Å²) in [6, 6.07) is 7.04. The molecule has 1 aromatic rings. The Hall–Kier alpha value is -1.17.